The number of H-pyrrole nitrogens is 1. The molecule has 0 spiro atoms. The fraction of sp³-hybridized carbons (Fsp3) is 0.276. The molecule has 1 fully saturated rings. The van der Waals surface area contributed by atoms with E-state index >= 15 is 0 Å². The van der Waals surface area contributed by atoms with E-state index in [9.17, 15) is 4.79 Å². The first-order valence-corrected chi connectivity index (χ1v) is 12.7. The van der Waals surface area contributed by atoms with Gasteiger partial charge >= 0.3 is 0 Å². The number of methoxy groups -OCH3 is 1. The van der Waals surface area contributed by atoms with Crippen LogP contribution < -0.4 is 15.8 Å². The molecule has 1 aliphatic rings. The number of hydrogen-bond acceptors (Lipinski definition) is 5. The minimum Gasteiger partial charge on any atom is -0.496 e. The van der Waals surface area contributed by atoms with Crippen LogP contribution in [-0.4, -0.2) is 44.8 Å². The Kier molecular flexibility index (Phi) is 5.88. The highest BCUT2D eigenvalue weighted by atomic mass is 16.5. The summed E-state index contributed by atoms with van der Waals surface area (Å²) in [6, 6.07) is 13.8. The highest BCUT2D eigenvalue weighted by Crippen LogP contribution is 2.41. The maximum absolute atomic E-state index is 12.9. The number of carbonyl (C=O) groups is 1. The van der Waals surface area contributed by atoms with Gasteiger partial charge in [-0.05, 0) is 48.7 Å². The van der Waals surface area contributed by atoms with Crippen molar-refractivity contribution in [1.82, 2.24) is 25.1 Å². The van der Waals surface area contributed by atoms with E-state index in [1.807, 2.05) is 62.0 Å². The average Bonchev–Trinajstić information content (AvgIpc) is 3.52. The Morgan fingerprint density at radius 2 is 1.89 bits per heavy atom. The van der Waals surface area contributed by atoms with Gasteiger partial charge in [-0.3, -0.25) is 14.5 Å². The molecule has 0 saturated heterocycles. The van der Waals surface area contributed by atoms with E-state index < -0.39 is 0 Å². The van der Waals surface area contributed by atoms with Crippen LogP contribution in [0.3, 0.4) is 0 Å². The number of benzene rings is 2. The smallest absolute Gasteiger partial charge is 0.251 e. The molecule has 188 valence electrons. The van der Waals surface area contributed by atoms with Crippen LogP contribution in [0.25, 0.3) is 44.2 Å². The number of aryl methyl sites for hydroxylation is 1. The molecule has 3 aromatic heterocycles. The number of aromatic amines is 1. The van der Waals surface area contributed by atoms with Crippen LogP contribution in [0.1, 0.15) is 36.0 Å². The van der Waals surface area contributed by atoms with E-state index in [0.29, 0.717) is 5.56 Å². The van der Waals surface area contributed by atoms with Crippen molar-refractivity contribution in [3.05, 3.63) is 66.6 Å². The molecule has 8 heteroatoms. The highest BCUT2D eigenvalue weighted by molar-refractivity contribution is 6.16. The van der Waals surface area contributed by atoms with E-state index in [2.05, 4.69) is 26.4 Å². The number of fused-ring (bicyclic) bond motifs is 3. The van der Waals surface area contributed by atoms with Crippen molar-refractivity contribution in [3.8, 4) is 28.1 Å². The minimum atomic E-state index is -0.0849. The lowest BCUT2D eigenvalue weighted by atomic mass is 9.91. The second-order valence-corrected chi connectivity index (χ2v) is 9.81. The van der Waals surface area contributed by atoms with E-state index in [4.69, 9.17) is 10.5 Å². The van der Waals surface area contributed by atoms with Crippen molar-refractivity contribution in [1.29, 1.82) is 0 Å². The lowest BCUT2D eigenvalue weighted by Gasteiger charge is -2.29. The molecule has 0 aliphatic heterocycles. The van der Waals surface area contributed by atoms with Gasteiger partial charge in [-0.25, -0.2) is 0 Å². The van der Waals surface area contributed by atoms with Crippen LogP contribution in [0.4, 0.5) is 0 Å². The number of amides is 1. The predicted octanol–water partition coefficient (Wildman–Crippen LogP) is 4.79. The molecule has 8 nitrogen and oxygen atoms in total. The summed E-state index contributed by atoms with van der Waals surface area (Å²) < 4.78 is 7.57. The Bertz CT molecular complexity index is 1600. The second kappa shape index (κ2) is 9.37. The summed E-state index contributed by atoms with van der Waals surface area (Å²) in [4.78, 5) is 21.1. The second-order valence-electron chi connectivity index (χ2n) is 9.81. The number of nitrogens with one attached hydrogen (secondary N) is 2. The third kappa shape index (κ3) is 4.23. The maximum Gasteiger partial charge on any atom is 0.251 e. The Morgan fingerprint density at radius 3 is 2.62 bits per heavy atom. The van der Waals surface area contributed by atoms with E-state index in [0.717, 1.165) is 75.6 Å². The van der Waals surface area contributed by atoms with Crippen LogP contribution in [0.2, 0.25) is 0 Å². The lowest BCUT2D eigenvalue weighted by Crippen LogP contribution is -2.49. The van der Waals surface area contributed by atoms with E-state index in [1.165, 1.54) is 0 Å². The summed E-state index contributed by atoms with van der Waals surface area (Å²) in [5.41, 5.74) is 12.5. The standard InChI is InChI=1S/C29H30N6O2/c1-35-16-19(14-32-35)24-13-20-25(15-31-24)33-23-11-12-26(37-2)27(28(20)23)17-7-9-18(10-8-17)29(36)34-22-6-4-3-5-21(22)30/h7-16,21-22,33H,3-6,30H2,1-2H3,(H,34,36). The molecule has 4 N–H and O–H groups in total. The number of nitrogens with zero attached hydrogens (tertiary/aromatic N) is 3. The lowest BCUT2D eigenvalue weighted by molar-refractivity contribution is 0.0921. The molecular weight excluding hydrogens is 464 g/mol. The summed E-state index contributed by atoms with van der Waals surface area (Å²) in [7, 11) is 3.57. The summed E-state index contributed by atoms with van der Waals surface area (Å²) in [6.07, 6.45) is 9.74. The zero-order valence-electron chi connectivity index (χ0n) is 21.0. The maximum atomic E-state index is 12.9. The van der Waals surface area contributed by atoms with Crippen LogP contribution in [0.15, 0.2) is 61.1 Å². The first kappa shape index (κ1) is 23.2. The molecular formula is C29H30N6O2. The van der Waals surface area contributed by atoms with Crippen LogP contribution in [0.5, 0.6) is 5.75 Å². The number of carbonyl (C=O) groups excluding carboxylic acids is 1. The van der Waals surface area contributed by atoms with E-state index in [1.54, 1.807) is 11.8 Å². The number of pyridine rings is 1. The molecule has 3 heterocycles. The monoisotopic (exact) mass is 494 g/mol. The average molecular weight is 495 g/mol. The first-order valence-electron chi connectivity index (χ1n) is 12.7. The van der Waals surface area contributed by atoms with Crippen molar-refractivity contribution < 1.29 is 9.53 Å². The van der Waals surface area contributed by atoms with E-state index in [-0.39, 0.29) is 18.0 Å². The van der Waals surface area contributed by atoms with Gasteiger partial charge in [0, 0.05) is 58.3 Å². The first-order chi connectivity index (χ1) is 18.0. The van der Waals surface area contributed by atoms with Gasteiger partial charge in [-0.1, -0.05) is 25.0 Å². The zero-order chi connectivity index (χ0) is 25.5. The summed E-state index contributed by atoms with van der Waals surface area (Å²) in [5.74, 6) is 0.678. The Hall–Kier alpha value is -4.17. The van der Waals surface area contributed by atoms with Crippen molar-refractivity contribution >= 4 is 27.7 Å². The van der Waals surface area contributed by atoms with Crippen molar-refractivity contribution in [2.45, 2.75) is 37.8 Å². The molecule has 37 heavy (non-hydrogen) atoms. The number of rotatable bonds is 5. The molecule has 1 amide bonds. The number of nitrogens with two attached hydrogens (primary N) is 1. The third-order valence-corrected chi connectivity index (χ3v) is 7.40. The highest BCUT2D eigenvalue weighted by Gasteiger charge is 2.24. The normalized spacial score (nSPS) is 17.8. The van der Waals surface area contributed by atoms with Gasteiger partial charge in [0.2, 0.25) is 0 Å². The molecule has 0 bridgehead atoms. The minimum absolute atomic E-state index is 0.0201. The zero-order valence-corrected chi connectivity index (χ0v) is 21.0. The molecule has 6 rings (SSSR count). The van der Waals surface area contributed by atoms with Gasteiger partial charge in [-0.15, -0.1) is 0 Å². The molecule has 1 saturated carbocycles. The molecule has 2 atom stereocenters. The Morgan fingerprint density at radius 1 is 1.08 bits per heavy atom. The Balaban J connectivity index is 1.41. The molecule has 1 aliphatic carbocycles. The predicted molar refractivity (Wildman–Crippen MR) is 145 cm³/mol. The fourth-order valence-corrected chi connectivity index (χ4v) is 5.42. The summed E-state index contributed by atoms with van der Waals surface area (Å²) in [6.45, 7) is 0. The van der Waals surface area contributed by atoms with Crippen LogP contribution >= 0.6 is 0 Å². The fourth-order valence-electron chi connectivity index (χ4n) is 5.42. The Labute approximate surface area is 214 Å². The van der Waals surface area contributed by atoms with Gasteiger partial charge in [0.1, 0.15) is 5.75 Å². The van der Waals surface area contributed by atoms with Crippen molar-refractivity contribution in [3.63, 3.8) is 0 Å². The van der Waals surface area contributed by atoms with Crippen LogP contribution in [0, 0.1) is 0 Å². The molecule has 5 aromatic rings. The van der Waals surface area contributed by atoms with Gasteiger partial charge in [0.15, 0.2) is 0 Å². The third-order valence-electron chi connectivity index (χ3n) is 7.40. The molecule has 2 unspecified atom stereocenters. The number of ether oxygens (including phenoxy) is 1. The van der Waals surface area contributed by atoms with Crippen LogP contribution in [-0.2, 0) is 7.05 Å². The molecule has 0 radical (unpaired) electrons. The summed E-state index contributed by atoms with van der Waals surface area (Å²) >= 11 is 0. The quantitative estimate of drug-likeness (QED) is 0.325. The number of hydrogen-bond donors (Lipinski definition) is 3. The topological polar surface area (TPSA) is 111 Å². The van der Waals surface area contributed by atoms with Gasteiger partial charge in [0.25, 0.3) is 5.91 Å². The van der Waals surface area contributed by atoms with Gasteiger partial charge in [-0.2, -0.15) is 5.10 Å². The largest absolute Gasteiger partial charge is 0.496 e. The number of aromatic nitrogens is 4. The SMILES string of the molecule is COc1ccc2[nH]c3cnc(-c4cnn(C)c4)cc3c2c1-c1ccc(C(=O)NC2CCCCC2N)cc1. The van der Waals surface area contributed by atoms with Crippen molar-refractivity contribution in [2.24, 2.45) is 12.8 Å². The van der Waals surface area contributed by atoms with Gasteiger partial charge < -0.3 is 20.8 Å². The summed E-state index contributed by atoms with van der Waals surface area (Å²) in [5, 5.41) is 9.52. The van der Waals surface area contributed by atoms with Crippen molar-refractivity contribution in [2.75, 3.05) is 7.11 Å². The molecule has 2 aromatic carbocycles. The van der Waals surface area contributed by atoms with Gasteiger partial charge in [0.05, 0.1) is 30.7 Å².